The molecular formula is C12H19N5O. The maximum absolute atomic E-state index is 9.09. The van der Waals surface area contributed by atoms with Gasteiger partial charge in [0.25, 0.3) is 0 Å². The molecule has 1 aromatic rings. The molecule has 0 saturated carbocycles. The lowest BCUT2D eigenvalue weighted by Crippen LogP contribution is -2.39. The van der Waals surface area contributed by atoms with E-state index in [0.29, 0.717) is 5.56 Å². The quantitative estimate of drug-likeness (QED) is 0.833. The molecule has 18 heavy (non-hydrogen) atoms. The average Bonchev–Trinajstić information content (AvgIpc) is 2.65. The van der Waals surface area contributed by atoms with Crippen LogP contribution in [0.1, 0.15) is 11.3 Å². The molecule has 2 heterocycles. The average molecular weight is 249 g/mol. The van der Waals surface area contributed by atoms with Gasteiger partial charge in [-0.3, -0.25) is 9.58 Å². The van der Waals surface area contributed by atoms with Gasteiger partial charge in [-0.05, 0) is 6.92 Å². The Kier molecular flexibility index (Phi) is 4.18. The molecule has 6 heteroatoms. The Balaban J connectivity index is 1.88. The number of nitriles is 1. The van der Waals surface area contributed by atoms with Gasteiger partial charge in [0.15, 0.2) is 0 Å². The van der Waals surface area contributed by atoms with E-state index in [1.165, 1.54) is 0 Å². The highest BCUT2D eigenvalue weighted by Crippen LogP contribution is 2.16. The summed E-state index contributed by atoms with van der Waals surface area (Å²) in [6, 6.07) is 2.19. The van der Waals surface area contributed by atoms with E-state index in [4.69, 9.17) is 10.00 Å². The van der Waals surface area contributed by atoms with E-state index in [2.05, 4.69) is 21.4 Å². The van der Waals surface area contributed by atoms with Crippen LogP contribution in [0.3, 0.4) is 0 Å². The highest BCUT2D eigenvalue weighted by molar-refractivity contribution is 5.54. The first-order chi connectivity index (χ1) is 8.72. The number of aryl methyl sites for hydroxylation is 2. The van der Waals surface area contributed by atoms with Crippen molar-refractivity contribution in [2.75, 3.05) is 44.7 Å². The number of aromatic nitrogens is 2. The Hall–Kier alpha value is -1.58. The van der Waals surface area contributed by atoms with Crippen molar-refractivity contribution in [2.24, 2.45) is 7.05 Å². The van der Waals surface area contributed by atoms with Crippen LogP contribution in [0.15, 0.2) is 0 Å². The second-order valence-electron chi connectivity index (χ2n) is 4.43. The minimum absolute atomic E-state index is 0.638. The van der Waals surface area contributed by atoms with E-state index in [9.17, 15) is 0 Å². The van der Waals surface area contributed by atoms with Crippen molar-refractivity contribution in [3.8, 4) is 6.07 Å². The van der Waals surface area contributed by atoms with Crippen LogP contribution in [0.25, 0.3) is 0 Å². The Morgan fingerprint density at radius 1 is 1.44 bits per heavy atom. The maximum atomic E-state index is 9.09. The molecule has 0 aromatic carbocycles. The number of hydrogen-bond acceptors (Lipinski definition) is 5. The van der Waals surface area contributed by atoms with Crippen molar-refractivity contribution in [3.05, 3.63) is 11.3 Å². The van der Waals surface area contributed by atoms with Crippen LogP contribution >= 0.6 is 0 Å². The molecule has 6 nitrogen and oxygen atoms in total. The molecule has 2 rings (SSSR count). The zero-order chi connectivity index (χ0) is 13.0. The van der Waals surface area contributed by atoms with Gasteiger partial charge in [0.2, 0.25) is 0 Å². The zero-order valence-corrected chi connectivity index (χ0v) is 10.9. The number of nitrogens with one attached hydrogen (secondary N) is 1. The lowest BCUT2D eigenvalue weighted by atomic mass is 10.2. The van der Waals surface area contributed by atoms with Crippen LogP contribution in [0.5, 0.6) is 0 Å². The van der Waals surface area contributed by atoms with Crippen LogP contribution in [-0.2, 0) is 11.8 Å². The summed E-state index contributed by atoms with van der Waals surface area (Å²) in [6.45, 7) is 7.22. The molecule has 1 aliphatic rings. The number of rotatable bonds is 4. The van der Waals surface area contributed by atoms with Crippen LogP contribution in [0, 0.1) is 18.3 Å². The molecule has 0 atom stereocenters. The first-order valence-corrected chi connectivity index (χ1v) is 6.20. The lowest BCUT2D eigenvalue weighted by molar-refractivity contribution is 0.0398. The molecule has 1 aromatic heterocycles. The molecule has 98 valence electrons. The summed E-state index contributed by atoms with van der Waals surface area (Å²) in [5.41, 5.74) is 1.41. The van der Waals surface area contributed by atoms with Gasteiger partial charge in [-0.25, -0.2) is 0 Å². The van der Waals surface area contributed by atoms with E-state index in [1.807, 2.05) is 14.0 Å². The molecule has 0 radical (unpaired) electrons. The summed E-state index contributed by atoms with van der Waals surface area (Å²) in [6.07, 6.45) is 0. The standard InChI is InChI=1S/C12H19N5O/c1-10-11(9-13)12(16(2)15-10)14-3-4-17-5-7-18-8-6-17/h14H,3-8H2,1-2H3. The summed E-state index contributed by atoms with van der Waals surface area (Å²) in [5.74, 6) is 0.809. The van der Waals surface area contributed by atoms with E-state index in [1.54, 1.807) is 4.68 Å². The fraction of sp³-hybridized carbons (Fsp3) is 0.667. The second kappa shape index (κ2) is 5.85. The fourth-order valence-electron chi connectivity index (χ4n) is 2.15. The topological polar surface area (TPSA) is 66.1 Å². The van der Waals surface area contributed by atoms with Crippen LogP contribution in [0.4, 0.5) is 5.82 Å². The molecule has 0 aliphatic carbocycles. The van der Waals surface area contributed by atoms with Gasteiger partial charge in [0.05, 0.1) is 18.9 Å². The fourth-order valence-corrected chi connectivity index (χ4v) is 2.15. The summed E-state index contributed by atoms with van der Waals surface area (Å²) >= 11 is 0. The van der Waals surface area contributed by atoms with E-state index in [0.717, 1.165) is 50.9 Å². The van der Waals surface area contributed by atoms with Gasteiger partial charge >= 0.3 is 0 Å². The summed E-state index contributed by atoms with van der Waals surface area (Å²) in [4.78, 5) is 2.35. The van der Waals surface area contributed by atoms with Crippen LogP contribution < -0.4 is 5.32 Å². The zero-order valence-electron chi connectivity index (χ0n) is 10.9. The van der Waals surface area contributed by atoms with Crippen molar-refractivity contribution in [1.82, 2.24) is 14.7 Å². The predicted octanol–water partition coefficient (Wildman–Crippen LogP) is 0.344. The van der Waals surface area contributed by atoms with Crippen molar-refractivity contribution < 1.29 is 4.74 Å². The third-order valence-electron chi connectivity index (χ3n) is 3.16. The third-order valence-corrected chi connectivity index (χ3v) is 3.16. The van der Waals surface area contributed by atoms with Gasteiger partial charge in [0.1, 0.15) is 17.5 Å². The third kappa shape index (κ3) is 2.81. The molecule has 1 saturated heterocycles. The molecule has 1 aliphatic heterocycles. The van der Waals surface area contributed by atoms with Gasteiger partial charge in [-0.15, -0.1) is 0 Å². The van der Waals surface area contributed by atoms with Crippen molar-refractivity contribution in [2.45, 2.75) is 6.92 Å². The molecule has 0 unspecified atom stereocenters. The summed E-state index contributed by atoms with van der Waals surface area (Å²) in [7, 11) is 1.85. The van der Waals surface area contributed by atoms with Crippen molar-refractivity contribution in [3.63, 3.8) is 0 Å². The summed E-state index contributed by atoms with van der Waals surface area (Å²) in [5, 5.41) is 16.6. The second-order valence-corrected chi connectivity index (χ2v) is 4.43. The number of anilines is 1. The van der Waals surface area contributed by atoms with E-state index in [-0.39, 0.29) is 0 Å². The van der Waals surface area contributed by atoms with Crippen LogP contribution in [0.2, 0.25) is 0 Å². The molecular weight excluding hydrogens is 230 g/mol. The van der Waals surface area contributed by atoms with Crippen LogP contribution in [-0.4, -0.2) is 54.1 Å². The predicted molar refractivity (Wildman–Crippen MR) is 68.4 cm³/mol. The smallest absolute Gasteiger partial charge is 0.142 e. The number of morpholine rings is 1. The number of nitrogens with zero attached hydrogens (tertiary/aromatic N) is 4. The molecule has 0 spiro atoms. The first-order valence-electron chi connectivity index (χ1n) is 6.20. The highest BCUT2D eigenvalue weighted by atomic mass is 16.5. The Morgan fingerprint density at radius 2 is 2.17 bits per heavy atom. The molecule has 1 fully saturated rings. The monoisotopic (exact) mass is 249 g/mol. The highest BCUT2D eigenvalue weighted by Gasteiger charge is 2.13. The Bertz CT molecular complexity index is 442. The molecule has 0 bridgehead atoms. The van der Waals surface area contributed by atoms with Gasteiger partial charge in [0, 0.05) is 33.2 Å². The summed E-state index contributed by atoms with van der Waals surface area (Å²) < 4.78 is 7.03. The molecule has 1 N–H and O–H groups in total. The first kappa shape index (κ1) is 12.9. The maximum Gasteiger partial charge on any atom is 0.142 e. The van der Waals surface area contributed by atoms with Gasteiger partial charge < -0.3 is 10.1 Å². The molecule has 0 amide bonds. The van der Waals surface area contributed by atoms with Crippen molar-refractivity contribution >= 4 is 5.82 Å². The number of hydrogen-bond donors (Lipinski definition) is 1. The lowest BCUT2D eigenvalue weighted by Gasteiger charge is -2.26. The largest absolute Gasteiger partial charge is 0.379 e. The van der Waals surface area contributed by atoms with Gasteiger partial charge in [-0.1, -0.05) is 0 Å². The van der Waals surface area contributed by atoms with Gasteiger partial charge in [-0.2, -0.15) is 10.4 Å². The normalized spacial score (nSPS) is 16.5. The SMILES string of the molecule is Cc1nn(C)c(NCCN2CCOCC2)c1C#N. The Morgan fingerprint density at radius 3 is 2.83 bits per heavy atom. The van der Waals surface area contributed by atoms with Crippen molar-refractivity contribution in [1.29, 1.82) is 5.26 Å². The van der Waals surface area contributed by atoms with E-state index >= 15 is 0 Å². The number of ether oxygens (including phenoxy) is 1. The van der Waals surface area contributed by atoms with E-state index < -0.39 is 0 Å². The minimum Gasteiger partial charge on any atom is -0.379 e. The minimum atomic E-state index is 0.638. The Labute approximate surface area is 107 Å².